The molecule has 1 heterocycles. The van der Waals surface area contributed by atoms with E-state index in [-0.39, 0.29) is 18.2 Å². The van der Waals surface area contributed by atoms with Crippen LogP contribution < -0.4 is 15.4 Å². The smallest absolute Gasteiger partial charge is 0.230 e. The molecule has 0 aliphatic rings. The van der Waals surface area contributed by atoms with E-state index in [2.05, 4.69) is 15.6 Å². The molecule has 0 saturated carbocycles. The van der Waals surface area contributed by atoms with E-state index in [1.165, 1.54) is 18.3 Å². The molecule has 3 rings (SSSR count). The number of ether oxygens (including phenoxy) is 1. The van der Waals surface area contributed by atoms with Gasteiger partial charge in [-0.05, 0) is 48.5 Å². The molecule has 2 amide bonds. The average Bonchev–Trinajstić information content (AvgIpc) is 3.11. The summed E-state index contributed by atoms with van der Waals surface area (Å²) in [7, 11) is 1.60. The van der Waals surface area contributed by atoms with Gasteiger partial charge in [0.25, 0.3) is 0 Å². The van der Waals surface area contributed by atoms with Crippen LogP contribution in [-0.2, 0) is 16.0 Å². The summed E-state index contributed by atoms with van der Waals surface area (Å²) >= 11 is 1.48. The van der Waals surface area contributed by atoms with Crippen LogP contribution in [-0.4, -0.2) is 23.9 Å². The Hall–Kier alpha value is -3.19. The molecule has 0 aliphatic heterocycles. The first-order chi connectivity index (χ1) is 13.0. The van der Waals surface area contributed by atoms with Gasteiger partial charge in [-0.2, -0.15) is 0 Å². The molecule has 0 unspecified atom stereocenters. The molecule has 7 heteroatoms. The minimum Gasteiger partial charge on any atom is -0.497 e. The number of rotatable bonds is 6. The number of hydrogen-bond donors (Lipinski definition) is 2. The topological polar surface area (TPSA) is 80.3 Å². The van der Waals surface area contributed by atoms with Crippen molar-refractivity contribution in [2.75, 3.05) is 17.7 Å². The second-order valence-corrected chi connectivity index (χ2v) is 6.71. The Kier molecular flexibility index (Phi) is 5.83. The minimum absolute atomic E-state index is 0.109. The number of aromatic nitrogens is 1. The van der Waals surface area contributed by atoms with E-state index in [0.717, 1.165) is 22.0 Å². The van der Waals surface area contributed by atoms with Gasteiger partial charge in [0.1, 0.15) is 10.8 Å². The molecular weight excluding hydrogens is 362 g/mol. The van der Waals surface area contributed by atoms with Gasteiger partial charge < -0.3 is 15.4 Å². The minimum atomic E-state index is -0.127. The number of carbonyl (C=O) groups is 2. The molecule has 6 nitrogen and oxygen atoms in total. The summed E-state index contributed by atoms with van der Waals surface area (Å²) in [5, 5.41) is 8.28. The molecule has 1 aromatic heterocycles. The van der Waals surface area contributed by atoms with Gasteiger partial charge in [0.2, 0.25) is 11.8 Å². The molecule has 0 radical (unpaired) electrons. The van der Waals surface area contributed by atoms with Crippen LogP contribution in [0.4, 0.5) is 11.4 Å². The summed E-state index contributed by atoms with van der Waals surface area (Å²) in [5.41, 5.74) is 3.11. The Labute approximate surface area is 161 Å². The number of methoxy groups -OCH3 is 1. The summed E-state index contributed by atoms with van der Waals surface area (Å²) in [5.74, 6) is 0.502. The molecule has 0 atom stereocenters. The SMILES string of the molecule is COc1ccc(NC(=O)Cc2csc(-c3ccc(NC(C)=O)cc3)n2)cc1. The van der Waals surface area contributed by atoms with Crippen molar-refractivity contribution in [1.82, 2.24) is 4.98 Å². The molecule has 27 heavy (non-hydrogen) atoms. The largest absolute Gasteiger partial charge is 0.497 e. The molecule has 0 bridgehead atoms. The normalized spacial score (nSPS) is 10.3. The van der Waals surface area contributed by atoms with Crippen molar-refractivity contribution >= 4 is 34.5 Å². The number of benzene rings is 2. The van der Waals surface area contributed by atoms with Gasteiger partial charge in [0, 0.05) is 29.2 Å². The zero-order chi connectivity index (χ0) is 19.2. The van der Waals surface area contributed by atoms with Crippen LogP contribution in [0.1, 0.15) is 12.6 Å². The lowest BCUT2D eigenvalue weighted by atomic mass is 10.2. The third-order valence-corrected chi connectivity index (χ3v) is 4.66. The van der Waals surface area contributed by atoms with Gasteiger partial charge in [-0.3, -0.25) is 9.59 Å². The summed E-state index contributed by atoms with van der Waals surface area (Å²) in [6.45, 7) is 1.47. The fourth-order valence-electron chi connectivity index (χ4n) is 2.46. The number of thiazole rings is 1. The zero-order valence-corrected chi connectivity index (χ0v) is 15.8. The van der Waals surface area contributed by atoms with Crippen LogP contribution in [0.5, 0.6) is 5.75 Å². The highest BCUT2D eigenvalue weighted by Gasteiger charge is 2.10. The molecule has 0 spiro atoms. The van der Waals surface area contributed by atoms with Crippen molar-refractivity contribution in [3.8, 4) is 16.3 Å². The maximum atomic E-state index is 12.2. The maximum absolute atomic E-state index is 12.2. The average molecular weight is 381 g/mol. The van der Waals surface area contributed by atoms with Crippen molar-refractivity contribution in [3.05, 3.63) is 59.6 Å². The highest BCUT2D eigenvalue weighted by atomic mass is 32.1. The van der Waals surface area contributed by atoms with Gasteiger partial charge in [0.15, 0.2) is 0 Å². The highest BCUT2D eigenvalue weighted by Crippen LogP contribution is 2.25. The van der Waals surface area contributed by atoms with Crippen LogP contribution in [0.25, 0.3) is 10.6 Å². The fraction of sp³-hybridized carbons (Fsp3) is 0.150. The molecular formula is C20H19N3O3S. The number of hydrogen-bond acceptors (Lipinski definition) is 5. The van der Waals surface area contributed by atoms with Gasteiger partial charge in [-0.1, -0.05) is 0 Å². The van der Waals surface area contributed by atoms with Gasteiger partial charge in [-0.15, -0.1) is 11.3 Å². The molecule has 0 saturated heterocycles. The maximum Gasteiger partial charge on any atom is 0.230 e. The third kappa shape index (κ3) is 5.15. The van der Waals surface area contributed by atoms with E-state index >= 15 is 0 Å². The van der Waals surface area contributed by atoms with E-state index in [1.54, 1.807) is 31.4 Å². The number of carbonyl (C=O) groups excluding carboxylic acids is 2. The van der Waals surface area contributed by atoms with Crippen molar-refractivity contribution in [3.63, 3.8) is 0 Å². The predicted octanol–water partition coefficient (Wildman–Crippen LogP) is 3.96. The van der Waals surface area contributed by atoms with Crippen LogP contribution in [0, 0.1) is 0 Å². The van der Waals surface area contributed by atoms with E-state index in [4.69, 9.17) is 4.74 Å². The highest BCUT2D eigenvalue weighted by molar-refractivity contribution is 7.13. The Morgan fingerprint density at radius 1 is 1.00 bits per heavy atom. The second kappa shape index (κ2) is 8.46. The molecule has 3 aromatic rings. The van der Waals surface area contributed by atoms with Crippen LogP contribution in [0.15, 0.2) is 53.9 Å². The fourth-order valence-corrected chi connectivity index (χ4v) is 3.29. The summed E-state index contributed by atoms with van der Waals surface area (Å²) in [6, 6.07) is 14.6. The lowest BCUT2D eigenvalue weighted by molar-refractivity contribution is -0.116. The lowest BCUT2D eigenvalue weighted by Crippen LogP contribution is -2.14. The number of nitrogens with one attached hydrogen (secondary N) is 2. The van der Waals surface area contributed by atoms with E-state index in [0.29, 0.717) is 11.4 Å². The summed E-state index contributed by atoms with van der Waals surface area (Å²) in [6.07, 6.45) is 0.201. The van der Waals surface area contributed by atoms with Crippen molar-refractivity contribution in [2.24, 2.45) is 0 Å². The Balaban J connectivity index is 1.61. The second-order valence-electron chi connectivity index (χ2n) is 5.86. The van der Waals surface area contributed by atoms with E-state index in [1.807, 2.05) is 29.6 Å². The quantitative estimate of drug-likeness (QED) is 0.677. The summed E-state index contributed by atoms with van der Waals surface area (Å²) in [4.78, 5) is 27.8. The van der Waals surface area contributed by atoms with Gasteiger partial charge >= 0.3 is 0 Å². The predicted molar refractivity (Wildman–Crippen MR) is 107 cm³/mol. The Morgan fingerprint density at radius 3 is 2.26 bits per heavy atom. The van der Waals surface area contributed by atoms with E-state index in [9.17, 15) is 9.59 Å². The Morgan fingerprint density at radius 2 is 1.63 bits per heavy atom. The standard InChI is InChI=1S/C20H19N3O3S/c1-13(24)21-15-5-3-14(4-6-15)20-23-17(12-27-20)11-19(25)22-16-7-9-18(26-2)10-8-16/h3-10,12H,11H2,1-2H3,(H,21,24)(H,22,25). The van der Waals surface area contributed by atoms with Crippen molar-refractivity contribution in [1.29, 1.82) is 0 Å². The molecule has 0 aliphatic carbocycles. The first-order valence-electron chi connectivity index (χ1n) is 8.30. The number of nitrogens with zero attached hydrogens (tertiary/aromatic N) is 1. The number of anilines is 2. The van der Waals surface area contributed by atoms with Crippen LogP contribution >= 0.6 is 11.3 Å². The van der Waals surface area contributed by atoms with Crippen molar-refractivity contribution < 1.29 is 14.3 Å². The lowest BCUT2D eigenvalue weighted by Gasteiger charge is -2.05. The first-order valence-corrected chi connectivity index (χ1v) is 9.18. The molecule has 0 fully saturated rings. The monoisotopic (exact) mass is 381 g/mol. The first kappa shape index (κ1) is 18.6. The Bertz CT molecular complexity index is 934. The van der Waals surface area contributed by atoms with Crippen molar-refractivity contribution in [2.45, 2.75) is 13.3 Å². The third-order valence-electron chi connectivity index (χ3n) is 3.72. The molecule has 138 valence electrons. The van der Waals surface area contributed by atoms with Gasteiger partial charge in [0.05, 0.1) is 19.2 Å². The molecule has 2 aromatic carbocycles. The van der Waals surface area contributed by atoms with Gasteiger partial charge in [-0.25, -0.2) is 4.98 Å². The van der Waals surface area contributed by atoms with Crippen LogP contribution in [0.3, 0.4) is 0 Å². The van der Waals surface area contributed by atoms with Crippen LogP contribution in [0.2, 0.25) is 0 Å². The summed E-state index contributed by atoms with van der Waals surface area (Å²) < 4.78 is 5.10. The molecule has 2 N–H and O–H groups in total. The zero-order valence-electron chi connectivity index (χ0n) is 15.0. The van der Waals surface area contributed by atoms with E-state index < -0.39 is 0 Å². The number of amides is 2.